The molecular weight excluding hydrogens is 261 g/mol. The van der Waals surface area contributed by atoms with Gasteiger partial charge in [0.1, 0.15) is 5.82 Å². The molecule has 0 amide bonds. The summed E-state index contributed by atoms with van der Waals surface area (Å²) in [6.07, 6.45) is 3.72. The predicted molar refractivity (Wildman–Crippen MR) is 75.7 cm³/mol. The van der Waals surface area contributed by atoms with Gasteiger partial charge in [0.2, 0.25) is 0 Å². The number of halogens is 3. The first-order valence-electron chi connectivity index (χ1n) is 7.61. The maximum atomic E-state index is 14.3. The molecule has 3 heteroatoms. The van der Waals surface area contributed by atoms with E-state index in [1.807, 2.05) is 0 Å². The Bertz CT molecular complexity index is 446. The first-order chi connectivity index (χ1) is 9.54. The summed E-state index contributed by atoms with van der Waals surface area (Å²) in [5, 5.41) is 0. The van der Waals surface area contributed by atoms with Crippen molar-refractivity contribution in [3.8, 4) is 0 Å². The molecule has 0 aromatic heterocycles. The number of hydrogen-bond acceptors (Lipinski definition) is 0. The van der Waals surface area contributed by atoms with Gasteiger partial charge < -0.3 is 0 Å². The van der Waals surface area contributed by atoms with Gasteiger partial charge in [0, 0.05) is 0 Å². The zero-order valence-electron chi connectivity index (χ0n) is 12.3. The van der Waals surface area contributed by atoms with E-state index in [0.29, 0.717) is 11.1 Å². The van der Waals surface area contributed by atoms with Gasteiger partial charge in [0.25, 0.3) is 6.43 Å². The molecule has 1 aromatic carbocycles. The highest BCUT2D eigenvalue weighted by molar-refractivity contribution is 5.36. The molecule has 0 saturated heterocycles. The van der Waals surface area contributed by atoms with Gasteiger partial charge in [-0.15, -0.1) is 0 Å². The SMILES string of the molecule is CCCC1CCC(c2ccc(C)c(C(F)F)c2F)CC1. The smallest absolute Gasteiger partial charge is 0.206 e. The average molecular weight is 284 g/mol. The summed E-state index contributed by atoms with van der Waals surface area (Å²) in [6.45, 7) is 3.73. The van der Waals surface area contributed by atoms with Gasteiger partial charge in [-0.3, -0.25) is 0 Å². The van der Waals surface area contributed by atoms with Crippen LogP contribution in [0.5, 0.6) is 0 Å². The van der Waals surface area contributed by atoms with Crippen molar-refractivity contribution in [1.82, 2.24) is 0 Å². The van der Waals surface area contributed by atoms with E-state index in [4.69, 9.17) is 0 Å². The quantitative estimate of drug-likeness (QED) is 0.622. The molecule has 0 spiro atoms. The van der Waals surface area contributed by atoms with Crippen molar-refractivity contribution in [3.63, 3.8) is 0 Å². The number of benzene rings is 1. The highest BCUT2D eigenvalue weighted by Crippen LogP contribution is 2.40. The third kappa shape index (κ3) is 3.18. The molecule has 1 saturated carbocycles. The zero-order chi connectivity index (χ0) is 14.7. The number of rotatable bonds is 4. The first kappa shape index (κ1) is 15.4. The summed E-state index contributed by atoms with van der Waals surface area (Å²) < 4.78 is 40.3. The lowest BCUT2D eigenvalue weighted by Crippen LogP contribution is -2.15. The van der Waals surface area contributed by atoms with Crippen LogP contribution in [0.1, 0.15) is 74.5 Å². The molecule has 1 fully saturated rings. The van der Waals surface area contributed by atoms with Crippen molar-refractivity contribution in [3.05, 3.63) is 34.6 Å². The Morgan fingerprint density at radius 2 is 1.80 bits per heavy atom. The van der Waals surface area contributed by atoms with Crippen molar-refractivity contribution in [1.29, 1.82) is 0 Å². The lowest BCUT2D eigenvalue weighted by molar-refractivity contribution is 0.145. The average Bonchev–Trinajstić information content (AvgIpc) is 2.40. The number of alkyl halides is 2. The molecule has 1 aliphatic rings. The Morgan fingerprint density at radius 1 is 1.15 bits per heavy atom. The fourth-order valence-electron chi connectivity index (χ4n) is 3.46. The highest BCUT2D eigenvalue weighted by Gasteiger charge is 2.27. The van der Waals surface area contributed by atoms with Crippen LogP contribution < -0.4 is 0 Å². The maximum Gasteiger partial charge on any atom is 0.266 e. The summed E-state index contributed by atoms with van der Waals surface area (Å²) in [5.41, 5.74) is 0.444. The molecule has 1 aromatic rings. The normalized spacial score (nSPS) is 23.3. The predicted octanol–water partition coefficient (Wildman–Crippen LogP) is 6.15. The van der Waals surface area contributed by atoms with Crippen molar-refractivity contribution in [2.24, 2.45) is 5.92 Å². The molecule has 0 unspecified atom stereocenters. The van der Waals surface area contributed by atoms with E-state index in [-0.39, 0.29) is 5.92 Å². The van der Waals surface area contributed by atoms with E-state index in [0.717, 1.165) is 31.6 Å². The molecular formula is C17H23F3. The fourth-order valence-corrected chi connectivity index (χ4v) is 3.46. The number of hydrogen-bond donors (Lipinski definition) is 0. The molecule has 2 rings (SSSR count). The Hall–Kier alpha value is -0.990. The van der Waals surface area contributed by atoms with Crippen LogP contribution in [-0.2, 0) is 0 Å². The Morgan fingerprint density at radius 3 is 2.35 bits per heavy atom. The second kappa shape index (κ2) is 6.64. The molecule has 0 N–H and O–H groups in total. The third-order valence-corrected chi connectivity index (χ3v) is 4.63. The minimum absolute atomic E-state index is 0.112. The molecule has 112 valence electrons. The van der Waals surface area contributed by atoms with E-state index in [1.165, 1.54) is 12.8 Å². The molecule has 20 heavy (non-hydrogen) atoms. The first-order valence-corrected chi connectivity index (χ1v) is 7.61. The van der Waals surface area contributed by atoms with Crippen molar-refractivity contribution >= 4 is 0 Å². The van der Waals surface area contributed by atoms with Gasteiger partial charge in [0.05, 0.1) is 5.56 Å². The second-order valence-corrected chi connectivity index (χ2v) is 6.01. The highest BCUT2D eigenvalue weighted by atomic mass is 19.3. The van der Waals surface area contributed by atoms with Gasteiger partial charge in [-0.25, -0.2) is 13.2 Å². The minimum atomic E-state index is -2.73. The van der Waals surface area contributed by atoms with Crippen LogP contribution in [0, 0.1) is 18.7 Å². The van der Waals surface area contributed by atoms with Gasteiger partial charge in [0.15, 0.2) is 0 Å². The molecule has 0 bridgehead atoms. The Labute approximate surface area is 119 Å². The largest absolute Gasteiger partial charge is 0.266 e. The lowest BCUT2D eigenvalue weighted by atomic mass is 9.76. The third-order valence-electron chi connectivity index (χ3n) is 4.63. The van der Waals surface area contributed by atoms with Crippen molar-refractivity contribution in [2.45, 2.75) is 64.7 Å². The molecule has 0 nitrogen and oxygen atoms in total. The van der Waals surface area contributed by atoms with Crippen LogP contribution in [0.25, 0.3) is 0 Å². The standard InChI is InChI=1S/C17H23F3/c1-3-4-12-6-8-13(9-7-12)14-10-5-11(2)15(16(14)18)17(19)20/h5,10,12-13,17H,3-4,6-9H2,1-2H3. The summed E-state index contributed by atoms with van der Waals surface area (Å²) >= 11 is 0. The van der Waals surface area contributed by atoms with Crippen LogP contribution in [0.3, 0.4) is 0 Å². The molecule has 0 aliphatic heterocycles. The van der Waals surface area contributed by atoms with Gasteiger partial charge in [-0.1, -0.05) is 31.9 Å². The summed E-state index contributed by atoms with van der Waals surface area (Å²) in [6, 6.07) is 3.35. The fraction of sp³-hybridized carbons (Fsp3) is 0.647. The Balaban J connectivity index is 2.16. The monoisotopic (exact) mass is 284 g/mol. The van der Waals surface area contributed by atoms with Crippen LogP contribution in [-0.4, -0.2) is 0 Å². The summed E-state index contributed by atoms with van der Waals surface area (Å²) in [4.78, 5) is 0. The van der Waals surface area contributed by atoms with E-state index in [2.05, 4.69) is 6.92 Å². The summed E-state index contributed by atoms with van der Waals surface area (Å²) in [7, 11) is 0. The van der Waals surface area contributed by atoms with Crippen molar-refractivity contribution < 1.29 is 13.2 Å². The van der Waals surface area contributed by atoms with Crippen LogP contribution in [0.4, 0.5) is 13.2 Å². The molecule has 0 atom stereocenters. The lowest BCUT2D eigenvalue weighted by Gasteiger charge is -2.29. The van der Waals surface area contributed by atoms with E-state index < -0.39 is 17.8 Å². The topological polar surface area (TPSA) is 0 Å². The van der Waals surface area contributed by atoms with Gasteiger partial charge in [-0.2, -0.15) is 0 Å². The van der Waals surface area contributed by atoms with Crippen LogP contribution >= 0.6 is 0 Å². The van der Waals surface area contributed by atoms with Crippen molar-refractivity contribution in [2.75, 3.05) is 0 Å². The molecule has 0 heterocycles. The zero-order valence-corrected chi connectivity index (χ0v) is 12.3. The molecule has 1 aliphatic carbocycles. The minimum Gasteiger partial charge on any atom is -0.206 e. The van der Waals surface area contributed by atoms with E-state index in [1.54, 1.807) is 19.1 Å². The number of aryl methyl sites for hydroxylation is 1. The van der Waals surface area contributed by atoms with Crippen LogP contribution in [0.2, 0.25) is 0 Å². The summed E-state index contributed by atoms with van der Waals surface area (Å²) in [5.74, 6) is 0.180. The Kier molecular flexibility index (Phi) is 5.11. The molecule has 0 radical (unpaired) electrons. The van der Waals surface area contributed by atoms with Gasteiger partial charge in [-0.05, 0) is 55.6 Å². The second-order valence-electron chi connectivity index (χ2n) is 6.01. The maximum absolute atomic E-state index is 14.3. The van der Waals surface area contributed by atoms with E-state index >= 15 is 0 Å². The van der Waals surface area contributed by atoms with Gasteiger partial charge >= 0.3 is 0 Å². The van der Waals surface area contributed by atoms with E-state index in [9.17, 15) is 13.2 Å². The van der Waals surface area contributed by atoms with Crippen LogP contribution in [0.15, 0.2) is 12.1 Å².